The minimum atomic E-state index is -0.833. The van der Waals surface area contributed by atoms with Crippen LogP contribution in [0.25, 0.3) is 0 Å². The molecular weight excluding hydrogens is 310 g/mol. The van der Waals surface area contributed by atoms with Gasteiger partial charge < -0.3 is 20.4 Å². The van der Waals surface area contributed by atoms with E-state index in [9.17, 15) is 4.79 Å². The van der Waals surface area contributed by atoms with Crippen molar-refractivity contribution in [1.82, 2.24) is 4.90 Å². The predicted octanol–water partition coefficient (Wildman–Crippen LogP) is 3.30. The molecule has 6 nitrogen and oxygen atoms in total. The van der Waals surface area contributed by atoms with Crippen LogP contribution in [0.5, 0.6) is 0 Å². The minimum absolute atomic E-state index is 0.343. The van der Waals surface area contributed by atoms with E-state index in [1.165, 1.54) is 70.6 Å². The number of carbonyl (C=O) groups is 1. The number of aliphatic carboxylic acids is 1. The fraction of sp³-hybridized carbons (Fsp3) is 0.944. The van der Waals surface area contributed by atoms with Gasteiger partial charge >= 0.3 is 5.97 Å². The lowest BCUT2D eigenvalue weighted by Crippen LogP contribution is -2.45. The standard InChI is InChI=1S/C12H24O2.C6H15NO3/c1-2-3-4-5-6-7-8-9-10-11-12(13)14;1-4(8)7(5(2)9)6(3)10/h2-11H2,1H3,(H,13,14);4-6,8-10H,1-3H3. The summed E-state index contributed by atoms with van der Waals surface area (Å²) in [5, 5.41) is 35.3. The lowest BCUT2D eigenvalue weighted by molar-refractivity contribution is -0.159. The molecule has 0 bridgehead atoms. The summed E-state index contributed by atoms with van der Waals surface area (Å²) in [7, 11) is 0. The highest BCUT2D eigenvalue weighted by Gasteiger charge is 2.20. The van der Waals surface area contributed by atoms with Gasteiger partial charge in [0.05, 0.1) is 0 Å². The van der Waals surface area contributed by atoms with Crippen LogP contribution < -0.4 is 0 Å². The van der Waals surface area contributed by atoms with Crippen molar-refractivity contribution in [3.8, 4) is 0 Å². The molecule has 0 aromatic rings. The molecule has 0 radical (unpaired) electrons. The third-order valence-electron chi connectivity index (χ3n) is 3.79. The zero-order valence-electron chi connectivity index (χ0n) is 15.9. The Bertz CT molecular complexity index is 264. The molecule has 0 rings (SSSR count). The summed E-state index contributed by atoms with van der Waals surface area (Å²) in [5.74, 6) is -0.659. The summed E-state index contributed by atoms with van der Waals surface area (Å²) in [4.78, 5) is 11.4. The monoisotopic (exact) mass is 349 g/mol. The van der Waals surface area contributed by atoms with E-state index in [4.69, 9.17) is 20.4 Å². The van der Waals surface area contributed by atoms with Crippen molar-refractivity contribution in [3.05, 3.63) is 0 Å². The molecule has 0 aromatic heterocycles. The topological polar surface area (TPSA) is 101 Å². The minimum Gasteiger partial charge on any atom is -0.481 e. The summed E-state index contributed by atoms with van der Waals surface area (Å²) in [6.45, 7) is 6.68. The van der Waals surface area contributed by atoms with E-state index < -0.39 is 24.7 Å². The molecule has 0 amide bonds. The lowest BCUT2D eigenvalue weighted by atomic mass is 10.1. The van der Waals surface area contributed by atoms with Gasteiger partial charge in [-0.2, -0.15) is 0 Å². The molecule has 0 aromatic carbocycles. The molecule has 0 saturated carbocycles. The first-order chi connectivity index (χ1) is 11.2. The number of carboxylic acid groups (broad SMARTS) is 1. The number of aliphatic hydroxyl groups excluding tert-OH is 3. The maximum Gasteiger partial charge on any atom is 0.303 e. The van der Waals surface area contributed by atoms with Gasteiger partial charge in [-0.25, -0.2) is 4.90 Å². The maximum absolute atomic E-state index is 10.2. The van der Waals surface area contributed by atoms with Crippen molar-refractivity contribution >= 4 is 5.97 Å². The molecular formula is C18H39NO5. The third-order valence-corrected chi connectivity index (χ3v) is 3.79. The van der Waals surface area contributed by atoms with Crippen molar-refractivity contribution in [3.63, 3.8) is 0 Å². The van der Waals surface area contributed by atoms with Gasteiger partial charge in [-0.3, -0.25) is 4.79 Å². The SMILES string of the molecule is CC(O)N(C(C)O)C(C)O.CCCCCCCCCCCC(=O)O. The second kappa shape index (κ2) is 17.1. The second-order valence-corrected chi connectivity index (χ2v) is 6.31. The first-order valence-electron chi connectivity index (χ1n) is 9.27. The largest absolute Gasteiger partial charge is 0.481 e. The maximum atomic E-state index is 10.2. The van der Waals surface area contributed by atoms with Crippen molar-refractivity contribution in [2.75, 3.05) is 0 Å². The van der Waals surface area contributed by atoms with E-state index in [0.717, 1.165) is 12.8 Å². The number of rotatable bonds is 13. The van der Waals surface area contributed by atoms with Crippen molar-refractivity contribution in [1.29, 1.82) is 0 Å². The molecule has 24 heavy (non-hydrogen) atoms. The Balaban J connectivity index is 0. The average Bonchev–Trinajstić information content (AvgIpc) is 2.44. The van der Waals surface area contributed by atoms with Gasteiger partial charge in [0.1, 0.15) is 18.7 Å². The van der Waals surface area contributed by atoms with Crippen LogP contribution in [0.4, 0.5) is 0 Å². The van der Waals surface area contributed by atoms with Crippen LogP contribution in [0.1, 0.15) is 91.9 Å². The normalized spacial score (nSPS) is 14.7. The number of aliphatic hydroxyl groups is 3. The van der Waals surface area contributed by atoms with E-state index >= 15 is 0 Å². The highest BCUT2D eigenvalue weighted by molar-refractivity contribution is 5.66. The van der Waals surface area contributed by atoms with Gasteiger partial charge in [0.25, 0.3) is 0 Å². The Morgan fingerprint density at radius 3 is 1.33 bits per heavy atom. The van der Waals surface area contributed by atoms with Crippen LogP contribution >= 0.6 is 0 Å². The summed E-state index contributed by atoms with van der Waals surface area (Å²) in [6, 6.07) is 0. The van der Waals surface area contributed by atoms with Crippen LogP contribution in [0.2, 0.25) is 0 Å². The molecule has 0 aliphatic carbocycles. The van der Waals surface area contributed by atoms with Crippen LogP contribution in [0.15, 0.2) is 0 Å². The molecule has 0 aliphatic heterocycles. The summed E-state index contributed by atoms with van der Waals surface area (Å²) < 4.78 is 0. The Labute approximate surface area is 147 Å². The van der Waals surface area contributed by atoms with E-state index in [1.807, 2.05) is 0 Å². The molecule has 0 fully saturated rings. The third kappa shape index (κ3) is 17.7. The second-order valence-electron chi connectivity index (χ2n) is 6.31. The van der Waals surface area contributed by atoms with Gasteiger partial charge in [-0.1, -0.05) is 58.3 Å². The van der Waals surface area contributed by atoms with Crippen LogP contribution in [-0.2, 0) is 4.79 Å². The van der Waals surface area contributed by atoms with Gasteiger partial charge in [0, 0.05) is 6.42 Å². The van der Waals surface area contributed by atoms with Crippen LogP contribution in [0, 0.1) is 0 Å². The number of nitrogens with zero attached hydrogens (tertiary/aromatic N) is 1. The van der Waals surface area contributed by atoms with Crippen LogP contribution in [0.3, 0.4) is 0 Å². The van der Waals surface area contributed by atoms with Gasteiger partial charge in [-0.05, 0) is 27.2 Å². The highest BCUT2D eigenvalue weighted by Crippen LogP contribution is 2.10. The number of carboxylic acids is 1. The molecule has 146 valence electrons. The Morgan fingerprint density at radius 2 is 1.08 bits per heavy atom. The van der Waals surface area contributed by atoms with E-state index in [2.05, 4.69) is 6.92 Å². The number of unbranched alkanes of at least 4 members (excludes halogenated alkanes) is 8. The molecule has 0 aliphatic rings. The van der Waals surface area contributed by atoms with Crippen LogP contribution in [-0.4, -0.2) is 50.0 Å². The Hall–Kier alpha value is -0.690. The first kappa shape index (κ1) is 25.5. The molecule has 3 atom stereocenters. The quantitative estimate of drug-likeness (QED) is 0.301. The fourth-order valence-electron chi connectivity index (χ4n) is 2.52. The molecule has 6 heteroatoms. The lowest BCUT2D eigenvalue weighted by Gasteiger charge is -2.30. The van der Waals surface area contributed by atoms with Crippen molar-refractivity contribution in [2.45, 2.75) is 111 Å². The predicted molar refractivity (Wildman–Crippen MR) is 96.4 cm³/mol. The number of hydrogen-bond donors (Lipinski definition) is 4. The smallest absolute Gasteiger partial charge is 0.303 e. The van der Waals surface area contributed by atoms with E-state index in [-0.39, 0.29) is 0 Å². The summed E-state index contributed by atoms with van der Waals surface area (Å²) in [5.41, 5.74) is 0. The Kier molecular flexibility index (Phi) is 18.2. The summed E-state index contributed by atoms with van der Waals surface area (Å²) >= 11 is 0. The number of hydrogen-bond acceptors (Lipinski definition) is 5. The van der Waals surface area contributed by atoms with Crippen molar-refractivity contribution in [2.24, 2.45) is 0 Å². The molecule has 0 heterocycles. The fourth-order valence-corrected chi connectivity index (χ4v) is 2.52. The molecule has 3 unspecified atom stereocenters. The average molecular weight is 350 g/mol. The van der Waals surface area contributed by atoms with Gasteiger partial charge in [-0.15, -0.1) is 0 Å². The summed E-state index contributed by atoms with van der Waals surface area (Å²) in [6.07, 6.45) is 8.98. The molecule has 4 N–H and O–H groups in total. The van der Waals surface area contributed by atoms with E-state index in [0.29, 0.717) is 6.42 Å². The zero-order chi connectivity index (χ0) is 19.0. The molecule has 0 saturated heterocycles. The van der Waals surface area contributed by atoms with Gasteiger partial charge in [0.15, 0.2) is 0 Å². The Morgan fingerprint density at radius 1 is 0.750 bits per heavy atom. The van der Waals surface area contributed by atoms with Crippen molar-refractivity contribution < 1.29 is 25.2 Å². The van der Waals surface area contributed by atoms with E-state index in [1.54, 1.807) is 0 Å². The first-order valence-corrected chi connectivity index (χ1v) is 9.27. The molecule has 0 spiro atoms. The van der Waals surface area contributed by atoms with Gasteiger partial charge in [0.2, 0.25) is 0 Å². The highest BCUT2D eigenvalue weighted by atomic mass is 16.4. The zero-order valence-corrected chi connectivity index (χ0v) is 15.9.